The van der Waals surface area contributed by atoms with Gasteiger partial charge in [0.05, 0.1) is 11.4 Å². The van der Waals surface area contributed by atoms with Crippen LogP contribution < -0.4 is 22.3 Å². The zero-order valence-corrected chi connectivity index (χ0v) is 22.2. The van der Waals surface area contributed by atoms with Crippen LogP contribution >= 0.6 is 0 Å². The molecule has 1 heterocycles. The van der Waals surface area contributed by atoms with Crippen molar-refractivity contribution in [2.24, 2.45) is 11.6 Å². The van der Waals surface area contributed by atoms with Crippen LogP contribution in [0.3, 0.4) is 0 Å². The number of hydrazine groups is 1. The normalized spacial score (nSPS) is 13.7. The Hall–Kier alpha value is -3.84. The number of benzene rings is 3. The number of anilines is 2. The van der Waals surface area contributed by atoms with E-state index in [4.69, 9.17) is 17.3 Å². The van der Waals surface area contributed by atoms with Gasteiger partial charge in [-0.1, -0.05) is 30.3 Å². The molecule has 0 fully saturated rings. The molecule has 4 rings (SSSR count). The topological polar surface area (TPSA) is 119 Å². The Bertz CT molecular complexity index is 1350. The van der Waals surface area contributed by atoms with Crippen molar-refractivity contribution in [3.63, 3.8) is 0 Å². The first-order valence-electron chi connectivity index (χ1n) is 12.8. The molecule has 6 N–H and O–H groups in total. The standard InChI is InChI=1S/C30H37N5O2/c1-5-35(33)27-11-10-25(20(4)29(27)32)26(16-28(31)36)22-9-8-21-12-13-34(17-24(21)15-22)30(37)23-7-6-18(2)19(3)14-23/h6-11,14-15,26H,5,12-13,16-17,32-33H2,1-4H3,(H2,31,36). The van der Waals surface area contributed by atoms with Crippen molar-refractivity contribution in [1.29, 1.82) is 0 Å². The van der Waals surface area contributed by atoms with Gasteiger partial charge in [-0.3, -0.25) is 9.59 Å². The minimum atomic E-state index is -0.384. The number of primary amides is 1. The molecule has 3 aromatic rings. The lowest BCUT2D eigenvalue weighted by atomic mass is 9.83. The van der Waals surface area contributed by atoms with Gasteiger partial charge in [-0.2, -0.15) is 0 Å². The number of hydrogen-bond donors (Lipinski definition) is 3. The maximum atomic E-state index is 13.3. The van der Waals surface area contributed by atoms with E-state index in [9.17, 15) is 9.59 Å². The van der Waals surface area contributed by atoms with E-state index in [0.717, 1.165) is 39.9 Å². The maximum Gasteiger partial charge on any atom is 0.254 e. The van der Waals surface area contributed by atoms with Crippen LogP contribution in [0.4, 0.5) is 11.4 Å². The van der Waals surface area contributed by atoms with Gasteiger partial charge < -0.3 is 21.4 Å². The summed E-state index contributed by atoms with van der Waals surface area (Å²) in [6.45, 7) is 9.80. The van der Waals surface area contributed by atoms with Crippen LogP contribution in [0.2, 0.25) is 0 Å². The molecule has 1 aliphatic heterocycles. The summed E-state index contributed by atoms with van der Waals surface area (Å²) < 4.78 is 0. The number of nitrogen functional groups attached to an aromatic ring is 1. The Labute approximate surface area is 219 Å². The van der Waals surface area contributed by atoms with Crippen LogP contribution in [0.5, 0.6) is 0 Å². The molecule has 1 aliphatic rings. The molecule has 0 aromatic heterocycles. The Kier molecular flexibility index (Phi) is 7.55. The zero-order chi connectivity index (χ0) is 26.9. The van der Waals surface area contributed by atoms with Crippen LogP contribution in [0.15, 0.2) is 48.5 Å². The van der Waals surface area contributed by atoms with Gasteiger partial charge in [0.25, 0.3) is 5.91 Å². The lowest BCUT2D eigenvalue weighted by Gasteiger charge is -2.30. The summed E-state index contributed by atoms with van der Waals surface area (Å²) in [6.07, 6.45) is 0.945. The fraction of sp³-hybridized carbons (Fsp3) is 0.333. The maximum absolute atomic E-state index is 13.3. The van der Waals surface area contributed by atoms with Gasteiger partial charge in [0, 0.05) is 37.5 Å². The monoisotopic (exact) mass is 499 g/mol. The van der Waals surface area contributed by atoms with Crippen LogP contribution in [0.1, 0.15) is 68.6 Å². The lowest BCUT2D eigenvalue weighted by molar-refractivity contribution is -0.118. The van der Waals surface area contributed by atoms with Crippen LogP contribution in [-0.2, 0) is 17.8 Å². The van der Waals surface area contributed by atoms with Gasteiger partial charge >= 0.3 is 0 Å². The number of amides is 2. The fourth-order valence-electron chi connectivity index (χ4n) is 5.16. The van der Waals surface area contributed by atoms with E-state index in [1.807, 2.05) is 62.9 Å². The molecule has 7 nitrogen and oxygen atoms in total. The predicted molar refractivity (Wildman–Crippen MR) is 149 cm³/mol. The summed E-state index contributed by atoms with van der Waals surface area (Å²) in [5.41, 5.74) is 21.6. The van der Waals surface area contributed by atoms with Gasteiger partial charge in [0.1, 0.15) is 0 Å². The van der Waals surface area contributed by atoms with Gasteiger partial charge in [-0.05, 0) is 91.3 Å². The lowest BCUT2D eigenvalue weighted by Crippen LogP contribution is -2.36. The van der Waals surface area contributed by atoms with E-state index in [-0.39, 0.29) is 24.2 Å². The third-order valence-corrected chi connectivity index (χ3v) is 7.65. The Balaban J connectivity index is 1.67. The largest absolute Gasteiger partial charge is 0.397 e. The molecule has 0 spiro atoms. The fourth-order valence-corrected chi connectivity index (χ4v) is 5.16. The highest BCUT2D eigenvalue weighted by molar-refractivity contribution is 5.94. The average Bonchev–Trinajstić information content (AvgIpc) is 2.89. The molecular weight excluding hydrogens is 462 g/mol. The van der Waals surface area contributed by atoms with Crippen molar-refractivity contribution in [2.45, 2.75) is 53.0 Å². The summed E-state index contributed by atoms with van der Waals surface area (Å²) in [5.74, 6) is 5.50. The molecule has 194 valence electrons. The molecule has 3 aromatic carbocycles. The number of nitrogens with zero attached hydrogens (tertiary/aromatic N) is 2. The molecule has 0 radical (unpaired) electrons. The highest BCUT2D eigenvalue weighted by atomic mass is 16.2. The van der Waals surface area contributed by atoms with Gasteiger partial charge in [0.15, 0.2) is 0 Å². The molecule has 1 atom stereocenters. The van der Waals surface area contributed by atoms with Crippen molar-refractivity contribution >= 4 is 23.2 Å². The molecule has 0 saturated carbocycles. The second kappa shape index (κ2) is 10.6. The average molecular weight is 500 g/mol. The highest BCUT2D eigenvalue weighted by Gasteiger charge is 2.26. The summed E-state index contributed by atoms with van der Waals surface area (Å²) in [6, 6.07) is 16.0. The second-order valence-corrected chi connectivity index (χ2v) is 10.0. The van der Waals surface area contributed by atoms with Crippen molar-refractivity contribution in [3.05, 3.63) is 93.0 Å². The predicted octanol–water partition coefficient (Wildman–Crippen LogP) is 4.10. The molecule has 0 bridgehead atoms. The van der Waals surface area contributed by atoms with Gasteiger partial charge in [-0.15, -0.1) is 0 Å². The Morgan fingerprint density at radius 3 is 2.43 bits per heavy atom. The first-order valence-corrected chi connectivity index (χ1v) is 12.8. The minimum absolute atomic E-state index is 0.0364. The van der Waals surface area contributed by atoms with Gasteiger partial charge in [0.2, 0.25) is 5.91 Å². The summed E-state index contributed by atoms with van der Waals surface area (Å²) in [7, 11) is 0. The summed E-state index contributed by atoms with van der Waals surface area (Å²) in [5, 5.41) is 1.61. The summed E-state index contributed by atoms with van der Waals surface area (Å²) >= 11 is 0. The van der Waals surface area contributed by atoms with Crippen molar-refractivity contribution in [2.75, 3.05) is 23.8 Å². The molecule has 2 amide bonds. The number of hydrogen-bond acceptors (Lipinski definition) is 5. The van der Waals surface area contributed by atoms with Crippen molar-refractivity contribution in [1.82, 2.24) is 4.90 Å². The van der Waals surface area contributed by atoms with E-state index in [0.29, 0.717) is 30.9 Å². The smallest absolute Gasteiger partial charge is 0.254 e. The van der Waals surface area contributed by atoms with E-state index < -0.39 is 0 Å². The van der Waals surface area contributed by atoms with Crippen LogP contribution in [0.25, 0.3) is 0 Å². The quantitative estimate of drug-likeness (QED) is 0.257. The highest BCUT2D eigenvalue weighted by Crippen LogP contribution is 2.37. The number of rotatable bonds is 7. The number of fused-ring (bicyclic) bond motifs is 1. The summed E-state index contributed by atoms with van der Waals surface area (Å²) in [4.78, 5) is 27.3. The van der Waals surface area contributed by atoms with Crippen molar-refractivity contribution < 1.29 is 9.59 Å². The van der Waals surface area contributed by atoms with Crippen LogP contribution in [-0.4, -0.2) is 29.8 Å². The van der Waals surface area contributed by atoms with E-state index in [1.54, 1.807) is 5.01 Å². The molecule has 37 heavy (non-hydrogen) atoms. The van der Waals surface area contributed by atoms with E-state index in [2.05, 4.69) is 18.2 Å². The molecule has 0 saturated heterocycles. The molecule has 1 unspecified atom stereocenters. The van der Waals surface area contributed by atoms with E-state index >= 15 is 0 Å². The van der Waals surface area contributed by atoms with Crippen molar-refractivity contribution in [3.8, 4) is 0 Å². The second-order valence-electron chi connectivity index (χ2n) is 10.0. The van der Waals surface area contributed by atoms with Crippen LogP contribution in [0, 0.1) is 20.8 Å². The number of aryl methyl sites for hydroxylation is 2. The molecular formula is C30H37N5O2. The molecule has 0 aliphatic carbocycles. The first-order chi connectivity index (χ1) is 17.6. The SMILES string of the molecule is CCN(N)c1ccc(C(CC(N)=O)c2ccc3c(c2)CN(C(=O)c2ccc(C)c(C)c2)CC3)c(C)c1N. The van der Waals surface area contributed by atoms with Gasteiger partial charge in [-0.25, -0.2) is 5.84 Å². The Morgan fingerprint density at radius 1 is 1.00 bits per heavy atom. The number of carbonyl (C=O) groups is 2. The Morgan fingerprint density at radius 2 is 1.76 bits per heavy atom. The van der Waals surface area contributed by atoms with E-state index in [1.165, 1.54) is 11.1 Å². The zero-order valence-electron chi connectivity index (χ0n) is 22.2. The molecule has 7 heteroatoms. The number of nitrogens with two attached hydrogens (primary N) is 3. The number of carbonyl (C=O) groups excluding carboxylic acids is 2. The third kappa shape index (κ3) is 5.32. The minimum Gasteiger partial charge on any atom is -0.397 e. The third-order valence-electron chi connectivity index (χ3n) is 7.65. The first kappa shape index (κ1) is 26.2.